The molecule has 0 bridgehead atoms. The van der Waals surface area contributed by atoms with Crippen LogP contribution in [0.2, 0.25) is 0 Å². The van der Waals surface area contributed by atoms with E-state index in [0.29, 0.717) is 0 Å². The van der Waals surface area contributed by atoms with Crippen molar-refractivity contribution in [2.75, 3.05) is 5.75 Å². The average Bonchev–Trinajstić information content (AvgIpc) is 2.67. The molecule has 1 aromatic rings. The van der Waals surface area contributed by atoms with Crippen molar-refractivity contribution in [3.63, 3.8) is 0 Å². The van der Waals surface area contributed by atoms with Crippen LogP contribution >= 0.6 is 11.8 Å². The number of imidazole rings is 1. The van der Waals surface area contributed by atoms with Gasteiger partial charge < -0.3 is 9.88 Å². The highest BCUT2D eigenvalue weighted by atomic mass is 32.2. The minimum Gasteiger partial charge on any atom is -0.333 e. The molecule has 6 nitrogen and oxygen atoms in total. The van der Waals surface area contributed by atoms with Gasteiger partial charge in [-0.3, -0.25) is 10.1 Å². The number of urea groups is 1. The monoisotopic (exact) mass is 340 g/mol. The first-order chi connectivity index (χ1) is 10.6. The average molecular weight is 340 g/mol. The summed E-state index contributed by atoms with van der Waals surface area (Å²) in [5.74, 6) is -0.156. The summed E-state index contributed by atoms with van der Waals surface area (Å²) < 4.78 is 2.14. The van der Waals surface area contributed by atoms with Gasteiger partial charge in [-0.1, -0.05) is 25.1 Å². The van der Waals surface area contributed by atoms with E-state index >= 15 is 0 Å². The topological polar surface area (TPSA) is 76.0 Å². The predicted octanol–water partition coefficient (Wildman–Crippen LogP) is 3.02. The summed E-state index contributed by atoms with van der Waals surface area (Å²) in [5, 5.41) is 5.88. The zero-order valence-electron chi connectivity index (χ0n) is 14.9. The van der Waals surface area contributed by atoms with Crippen molar-refractivity contribution >= 4 is 23.7 Å². The number of carbonyl (C=O) groups excluding carboxylic acids is 2. The highest BCUT2D eigenvalue weighted by Gasteiger charge is 2.17. The van der Waals surface area contributed by atoms with Crippen molar-refractivity contribution in [1.82, 2.24) is 20.2 Å². The normalized spacial score (nSPS) is 11.4. The summed E-state index contributed by atoms with van der Waals surface area (Å²) in [5.41, 5.74) is 1.74. The standard InChI is InChI=1S/C16H28N4O2S/c1-7-8-9-20-12(3)11(2)17-15(20)23-10-13(21)18-14(22)19-16(4,5)6/h7-10H2,1-6H3,(H2,18,19,21,22). The highest BCUT2D eigenvalue weighted by molar-refractivity contribution is 7.99. The van der Waals surface area contributed by atoms with E-state index in [-0.39, 0.29) is 17.2 Å². The second-order valence-corrected chi connectivity index (χ2v) is 7.55. The van der Waals surface area contributed by atoms with Gasteiger partial charge in [0.25, 0.3) is 0 Å². The lowest BCUT2D eigenvalue weighted by atomic mass is 10.1. The van der Waals surface area contributed by atoms with Crippen molar-refractivity contribution in [2.24, 2.45) is 0 Å². The number of thioether (sulfide) groups is 1. The maximum atomic E-state index is 11.9. The maximum Gasteiger partial charge on any atom is 0.321 e. The molecule has 1 aromatic heterocycles. The number of amides is 3. The third-order valence-corrected chi connectivity index (χ3v) is 4.21. The number of nitrogens with one attached hydrogen (secondary N) is 2. The fourth-order valence-electron chi connectivity index (χ4n) is 1.98. The zero-order chi connectivity index (χ0) is 17.6. The summed E-state index contributed by atoms with van der Waals surface area (Å²) in [6.45, 7) is 12.6. The van der Waals surface area contributed by atoms with E-state index in [4.69, 9.17) is 0 Å². The largest absolute Gasteiger partial charge is 0.333 e. The number of rotatable bonds is 6. The van der Waals surface area contributed by atoms with Gasteiger partial charge in [-0.15, -0.1) is 0 Å². The minimum atomic E-state index is -0.468. The van der Waals surface area contributed by atoms with Crippen LogP contribution in [0.4, 0.5) is 4.79 Å². The van der Waals surface area contributed by atoms with Gasteiger partial charge in [0.05, 0.1) is 11.4 Å². The van der Waals surface area contributed by atoms with E-state index in [0.717, 1.165) is 35.9 Å². The van der Waals surface area contributed by atoms with Crippen LogP contribution in [0.25, 0.3) is 0 Å². The van der Waals surface area contributed by atoms with Gasteiger partial charge in [-0.2, -0.15) is 0 Å². The van der Waals surface area contributed by atoms with Crippen LogP contribution in [0.15, 0.2) is 5.16 Å². The molecule has 130 valence electrons. The second-order valence-electron chi connectivity index (χ2n) is 6.61. The Hall–Kier alpha value is -1.50. The van der Waals surface area contributed by atoms with Crippen molar-refractivity contribution in [1.29, 1.82) is 0 Å². The lowest BCUT2D eigenvalue weighted by molar-refractivity contribution is -0.117. The van der Waals surface area contributed by atoms with E-state index < -0.39 is 6.03 Å². The van der Waals surface area contributed by atoms with Gasteiger partial charge in [-0.25, -0.2) is 9.78 Å². The van der Waals surface area contributed by atoms with E-state index in [1.54, 1.807) is 0 Å². The summed E-state index contributed by atoms with van der Waals surface area (Å²) in [7, 11) is 0. The number of aryl methyl sites for hydroxylation is 1. The summed E-state index contributed by atoms with van der Waals surface area (Å²) in [6.07, 6.45) is 2.18. The van der Waals surface area contributed by atoms with Crippen LogP contribution in [0.5, 0.6) is 0 Å². The maximum absolute atomic E-state index is 11.9. The fraction of sp³-hybridized carbons (Fsp3) is 0.688. The van der Waals surface area contributed by atoms with Crippen LogP contribution < -0.4 is 10.6 Å². The number of imide groups is 1. The molecule has 1 rings (SSSR count). The molecule has 0 radical (unpaired) electrons. The minimum absolute atomic E-state index is 0.166. The highest BCUT2D eigenvalue weighted by Crippen LogP contribution is 2.21. The molecule has 0 aliphatic carbocycles. The Balaban J connectivity index is 2.59. The van der Waals surface area contributed by atoms with Gasteiger partial charge in [0.15, 0.2) is 5.16 Å². The van der Waals surface area contributed by atoms with Crippen LogP contribution in [0.3, 0.4) is 0 Å². The van der Waals surface area contributed by atoms with E-state index in [1.807, 2.05) is 34.6 Å². The third kappa shape index (κ3) is 6.64. The quantitative estimate of drug-likeness (QED) is 0.781. The van der Waals surface area contributed by atoms with Crippen LogP contribution in [0, 0.1) is 13.8 Å². The Kier molecular flexibility index (Phi) is 7.12. The molecule has 0 atom stereocenters. The first-order valence-electron chi connectivity index (χ1n) is 7.92. The molecule has 0 aromatic carbocycles. The van der Waals surface area contributed by atoms with Crippen molar-refractivity contribution in [2.45, 2.75) is 71.6 Å². The Morgan fingerprint density at radius 2 is 1.91 bits per heavy atom. The lowest BCUT2D eigenvalue weighted by Gasteiger charge is -2.20. The number of hydrogen-bond acceptors (Lipinski definition) is 4. The van der Waals surface area contributed by atoms with Gasteiger partial charge in [0.1, 0.15) is 0 Å². The van der Waals surface area contributed by atoms with Crippen molar-refractivity contribution in [3.8, 4) is 0 Å². The number of nitrogens with zero attached hydrogens (tertiary/aromatic N) is 2. The van der Waals surface area contributed by atoms with E-state index in [9.17, 15) is 9.59 Å². The molecule has 23 heavy (non-hydrogen) atoms. The summed E-state index contributed by atoms with van der Waals surface area (Å²) >= 11 is 1.36. The Morgan fingerprint density at radius 3 is 2.48 bits per heavy atom. The molecule has 2 N–H and O–H groups in total. The molecular formula is C16H28N4O2S. The Morgan fingerprint density at radius 1 is 1.26 bits per heavy atom. The van der Waals surface area contributed by atoms with Crippen LogP contribution in [-0.4, -0.2) is 32.8 Å². The second kappa shape index (κ2) is 8.38. The SMILES string of the molecule is CCCCn1c(SCC(=O)NC(=O)NC(C)(C)C)nc(C)c1C. The van der Waals surface area contributed by atoms with Gasteiger partial charge in [0, 0.05) is 17.8 Å². The number of aromatic nitrogens is 2. The molecule has 3 amide bonds. The number of unbranched alkanes of at least 4 members (excludes halogenated alkanes) is 1. The molecule has 0 saturated heterocycles. The Labute approximate surface area is 142 Å². The van der Waals surface area contributed by atoms with Crippen LogP contribution in [-0.2, 0) is 11.3 Å². The summed E-state index contributed by atoms with van der Waals surface area (Å²) in [4.78, 5) is 28.1. The van der Waals surface area contributed by atoms with Crippen LogP contribution in [0.1, 0.15) is 51.9 Å². The zero-order valence-corrected chi connectivity index (χ0v) is 15.8. The molecule has 0 aliphatic rings. The smallest absolute Gasteiger partial charge is 0.321 e. The first kappa shape index (κ1) is 19.5. The Bertz CT molecular complexity index is 561. The fourth-order valence-corrected chi connectivity index (χ4v) is 2.90. The molecule has 1 heterocycles. The molecule has 0 aliphatic heterocycles. The predicted molar refractivity (Wildman–Crippen MR) is 93.8 cm³/mol. The van der Waals surface area contributed by atoms with E-state index in [1.165, 1.54) is 11.8 Å². The molecule has 0 spiro atoms. The molecule has 7 heteroatoms. The lowest BCUT2D eigenvalue weighted by Crippen LogP contribution is -2.48. The van der Waals surface area contributed by atoms with Crippen molar-refractivity contribution in [3.05, 3.63) is 11.4 Å². The molecular weight excluding hydrogens is 312 g/mol. The number of carbonyl (C=O) groups is 2. The third-order valence-electron chi connectivity index (χ3n) is 3.23. The molecule has 0 unspecified atom stereocenters. The van der Waals surface area contributed by atoms with Gasteiger partial charge in [0.2, 0.25) is 5.91 Å². The van der Waals surface area contributed by atoms with Gasteiger partial charge >= 0.3 is 6.03 Å². The summed E-state index contributed by atoms with van der Waals surface area (Å²) in [6, 6.07) is -0.468. The van der Waals surface area contributed by atoms with Crippen molar-refractivity contribution < 1.29 is 9.59 Å². The number of hydrogen-bond donors (Lipinski definition) is 2. The van der Waals surface area contributed by atoms with Gasteiger partial charge in [-0.05, 0) is 41.0 Å². The van der Waals surface area contributed by atoms with E-state index in [2.05, 4.69) is 27.1 Å². The molecule has 0 saturated carbocycles. The molecule has 0 fully saturated rings. The first-order valence-corrected chi connectivity index (χ1v) is 8.91.